The first-order chi connectivity index (χ1) is 13.0. The minimum Gasteiger partial charge on any atom is -0.454 e. The van der Waals surface area contributed by atoms with Gasteiger partial charge in [0.2, 0.25) is 0 Å². The van der Waals surface area contributed by atoms with E-state index in [-0.39, 0.29) is 12.1 Å². The van der Waals surface area contributed by atoms with Gasteiger partial charge in [0.15, 0.2) is 11.7 Å². The SMILES string of the molecule is Cc1ccc(-c2csc(NC(=O)COC(=O)Cn3ccccc3=O)n2)cc1. The number of hydrogen-bond donors (Lipinski definition) is 1. The summed E-state index contributed by atoms with van der Waals surface area (Å²) in [4.78, 5) is 39.6. The highest BCUT2D eigenvalue weighted by atomic mass is 32.1. The monoisotopic (exact) mass is 383 g/mol. The number of nitrogens with zero attached hydrogens (tertiary/aromatic N) is 2. The quantitative estimate of drug-likeness (QED) is 0.661. The lowest BCUT2D eigenvalue weighted by atomic mass is 10.1. The van der Waals surface area contributed by atoms with Crippen molar-refractivity contribution in [1.29, 1.82) is 0 Å². The van der Waals surface area contributed by atoms with Gasteiger partial charge in [-0.15, -0.1) is 11.3 Å². The van der Waals surface area contributed by atoms with Crippen LogP contribution < -0.4 is 10.9 Å². The number of aryl methyl sites for hydroxylation is 1. The second kappa shape index (κ2) is 8.41. The van der Waals surface area contributed by atoms with Crippen LogP contribution in [0.2, 0.25) is 0 Å². The van der Waals surface area contributed by atoms with Gasteiger partial charge >= 0.3 is 5.97 Å². The molecule has 1 aromatic carbocycles. The number of aromatic nitrogens is 2. The number of nitrogens with one attached hydrogen (secondary N) is 1. The minimum absolute atomic E-state index is 0.248. The van der Waals surface area contributed by atoms with Gasteiger partial charge in [-0.2, -0.15) is 0 Å². The number of thiazole rings is 1. The van der Waals surface area contributed by atoms with Gasteiger partial charge in [0.25, 0.3) is 11.5 Å². The number of amides is 1. The third-order valence-corrected chi connectivity index (χ3v) is 4.42. The molecule has 0 aliphatic carbocycles. The maximum atomic E-state index is 11.9. The number of esters is 1. The van der Waals surface area contributed by atoms with Crippen LogP contribution in [0, 0.1) is 6.92 Å². The van der Waals surface area contributed by atoms with Crippen LogP contribution in [0.3, 0.4) is 0 Å². The van der Waals surface area contributed by atoms with E-state index in [0.29, 0.717) is 5.13 Å². The Balaban J connectivity index is 1.51. The number of carbonyl (C=O) groups excluding carboxylic acids is 2. The van der Waals surface area contributed by atoms with E-state index in [1.165, 1.54) is 28.2 Å². The van der Waals surface area contributed by atoms with E-state index in [1.807, 2.05) is 36.6 Å². The molecule has 0 atom stereocenters. The van der Waals surface area contributed by atoms with Crippen molar-refractivity contribution in [1.82, 2.24) is 9.55 Å². The van der Waals surface area contributed by atoms with E-state index in [1.54, 1.807) is 12.1 Å². The van der Waals surface area contributed by atoms with Crippen LogP contribution >= 0.6 is 11.3 Å². The highest BCUT2D eigenvalue weighted by molar-refractivity contribution is 7.14. The van der Waals surface area contributed by atoms with Crippen LogP contribution in [0.25, 0.3) is 11.3 Å². The van der Waals surface area contributed by atoms with Crippen LogP contribution in [0.4, 0.5) is 5.13 Å². The number of pyridine rings is 1. The van der Waals surface area contributed by atoms with Crippen molar-refractivity contribution in [3.05, 3.63) is 70.0 Å². The number of anilines is 1. The van der Waals surface area contributed by atoms with Crippen molar-refractivity contribution < 1.29 is 14.3 Å². The molecule has 0 aliphatic rings. The molecular formula is C19H17N3O4S. The molecule has 1 amide bonds. The number of benzene rings is 1. The Morgan fingerprint density at radius 3 is 2.70 bits per heavy atom. The molecule has 0 spiro atoms. The fourth-order valence-corrected chi connectivity index (χ4v) is 3.00. The minimum atomic E-state index is -0.669. The van der Waals surface area contributed by atoms with Crippen LogP contribution in [0.1, 0.15) is 5.56 Å². The van der Waals surface area contributed by atoms with Crippen LogP contribution in [-0.2, 0) is 20.9 Å². The number of rotatable bonds is 6. The van der Waals surface area contributed by atoms with E-state index in [0.717, 1.165) is 16.8 Å². The summed E-state index contributed by atoms with van der Waals surface area (Å²) in [5.41, 5.74) is 2.56. The predicted molar refractivity (Wildman–Crippen MR) is 103 cm³/mol. The molecular weight excluding hydrogens is 366 g/mol. The predicted octanol–water partition coefficient (Wildman–Crippen LogP) is 2.46. The molecule has 2 aromatic heterocycles. The molecule has 1 N–H and O–H groups in total. The fraction of sp³-hybridized carbons (Fsp3) is 0.158. The first kappa shape index (κ1) is 18.5. The molecule has 8 heteroatoms. The zero-order chi connectivity index (χ0) is 19.2. The first-order valence-corrected chi connectivity index (χ1v) is 9.03. The zero-order valence-corrected chi connectivity index (χ0v) is 15.4. The lowest BCUT2D eigenvalue weighted by Crippen LogP contribution is -2.26. The van der Waals surface area contributed by atoms with E-state index in [9.17, 15) is 14.4 Å². The normalized spacial score (nSPS) is 10.4. The van der Waals surface area contributed by atoms with Crippen molar-refractivity contribution in [2.75, 3.05) is 11.9 Å². The number of hydrogen-bond acceptors (Lipinski definition) is 6. The molecule has 0 bridgehead atoms. The fourth-order valence-electron chi connectivity index (χ4n) is 2.27. The maximum absolute atomic E-state index is 11.9. The molecule has 2 heterocycles. The summed E-state index contributed by atoms with van der Waals surface area (Å²) in [6.07, 6.45) is 1.48. The third kappa shape index (κ3) is 5.11. The highest BCUT2D eigenvalue weighted by Crippen LogP contribution is 2.25. The second-order valence-electron chi connectivity index (χ2n) is 5.78. The van der Waals surface area contributed by atoms with Gasteiger partial charge in [-0.3, -0.25) is 19.7 Å². The largest absolute Gasteiger partial charge is 0.454 e. The average Bonchev–Trinajstić information content (AvgIpc) is 3.11. The van der Waals surface area contributed by atoms with Gasteiger partial charge in [0, 0.05) is 23.2 Å². The molecule has 3 rings (SSSR count). The topological polar surface area (TPSA) is 90.3 Å². The molecule has 0 saturated heterocycles. The highest BCUT2D eigenvalue weighted by Gasteiger charge is 2.11. The Morgan fingerprint density at radius 2 is 1.96 bits per heavy atom. The molecule has 27 heavy (non-hydrogen) atoms. The van der Waals surface area contributed by atoms with Crippen molar-refractivity contribution in [2.45, 2.75) is 13.5 Å². The summed E-state index contributed by atoms with van der Waals surface area (Å²) in [7, 11) is 0. The van der Waals surface area contributed by atoms with Gasteiger partial charge < -0.3 is 9.30 Å². The van der Waals surface area contributed by atoms with Crippen LogP contribution in [-0.4, -0.2) is 28.0 Å². The molecule has 3 aromatic rings. The number of carbonyl (C=O) groups is 2. The standard InChI is InChI=1S/C19H17N3O4S/c1-13-5-7-14(8-6-13)15-12-27-19(20-15)21-16(23)11-26-18(25)10-22-9-3-2-4-17(22)24/h2-9,12H,10-11H2,1H3,(H,20,21,23). The summed E-state index contributed by atoms with van der Waals surface area (Å²) < 4.78 is 6.11. The Kier molecular flexibility index (Phi) is 5.77. The Bertz CT molecular complexity index is 1010. The molecule has 0 saturated carbocycles. The summed E-state index contributed by atoms with van der Waals surface area (Å²) in [6.45, 7) is 1.31. The average molecular weight is 383 g/mol. The lowest BCUT2D eigenvalue weighted by molar-refractivity contribution is -0.147. The van der Waals surface area contributed by atoms with E-state index in [4.69, 9.17) is 4.74 Å². The van der Waals surface area contributed by atoms with Gasteiger partial charge in [-0.25, -0.2) is 4.98 Å². The Morgan fingerprint density at radius 1 is 1.19 bits per heavy atom. The van der Waals surface area contributed by atoms with Crippen molar-refractivity contribution in [2.24, 2.45) is 0 Å². The molecule has 7 nitrogen and oxygen atoms in total. The smallest absolute Gasteiger partial charge is 0.326 e. The van der Waals surface area contributed by atoms with E-state index in [2.05, 4.69) is 10.3 Å². The molecule has 0 radical (unpaired) electrons. The second-order valence-corrected chi connectivity index (χ2v) is 6.64. The molecule has 0 fully saturated rings. The van der Waals surface area contributed by atoms with Crippen LogP contribution in [0.5, 0.6) is 0 Å². The Hall–Kier alpha value is -3.26. The van der Waals surface area contributed by atoms with Crippen molar-refractivity contribution in [3.8, 4) is 11.3 Å². The van der Waals surface area contributed by atoms with Crippen molar-refractivity contribution in [3.63, 3.8) is 0 Å². The van der Waals surface area contributed by atoms with Gasteiger partial charge in [0.05, 0.1) is 5.69 Å². The summed E-state index contributed by atoms with van der Waals surface area (Å²) in [5, 5.41) is 4.86. The van der Waals surface area contributed by atoms with Gasteiger partial charge in [-0.05, 0) is 13.0 Å². The van der Waals surface area contributed by atoms with E-state index < -0.39 is 18.5 Å². The molecule has 138 valence electrons. The maximum Gasteiger partial charge on any atom is 0.326 e. The summed E-state index contributed by atoms with van der Waals surface area (Å²) in [6, 6.07) is 12.5. The lowest BCUT2D eigenvalue weighted by Gasteiger charge is -2.06. The van der Waals surface area contributed by atoms with Crippen molar-refractivity contribution >= 4 is 28.3 Å². The van der Waals surface area contributed by atoms with Gasteiger partial charge in [0.1, 0.15) is 6.54 Å². The summed E-state index contributed by atoms with van der Waals surface area (Å²) in [5.74, 6) is -1.16. The van der Waals surface area contributed by atoms with Crippen LogP contribution in [0.15, 0.2) is 58.8 Å². The summed E-state index contributed by atoms with van der Waals surface area (Å²) >= 11 is 1.29. The molecule has 0 aliphatic heterocycles. The number of ether oxygens (including phenoxy) is 1. The third-order valence-electron chi connectivity index (χ3n) is 3.66. The first-order valence-electron chi connectivity index (χ1n) is 8.15. The Labute approximate surface area is 159 Å². The van der Waals surface area contributed by atoms with E-state index >= 15 is 0 Å². The molecule has 0 unspecified atom stereocenters. The zero-order valence-electron chi connectivity index (χ0n) is 14.5. The van der Waals surface area contributed by atoms with Gasteiger partial charge in [-0.1, -0.05) is 35.9 Å².